The number of rotatable bonds is 2. The van der Waals surface area contributed by atoms with E-state index in [1.807, 2.05) is 30.3 Å². The molecule has 0 saturated carbocycles. The van der Waals surface area contributed by atoms with Crippen LogP contribution < -0.4 is 5.32 Å². The van der Waals surface area contributed by atoms with Crippen LogP contribution in [0.2, 0.25) is 0 Å². The summed E-state index contributed by atoms with van der Waals surface area (Å²) >= 11 is 3.53. The zero-order chi connectivity index (χ0) is 13.5. The Kier molecular flexibility index (Phi) is 2.78. The van der Waals surface area contributed by atoms with Crippen molar-refractivity contribution in [1.29, 1.82) is 0 Å². The molecule has 2 aromatic heterocycles. The Balaban J connectivity index is 1.80. The molecule has 0 amide bonds. The van der Waals surface area contributed by atoms with Gasteiger partial charge in [-0.3, -0.25) is 0 Å². The van der Waals surface area contributed by atoms with Gasteiger partial charge in [-0.1, -0.05) is 23.4 Å². The second-order valence-corrected chi connectivity index (χ2v) is 5.68. The molecular formula is C14H11BrN4O. The van der Waals surface area contributed by atoms with Gasteiger partial charge in [0.2, 0.25) is 11.7 Å². The number of nitrogens with one attached hydrogen (secondary N) is 1. The Labute approximate surface area is 123 Å². The second kappa shape index (κ2) is 4.64. The average Bonchev–Trinajstić information content (AvgIpc) is 2.85. The quantitative estimate of drug-likeness (QED) is 0.782. The lowest BCUT2D eigenvalue weighted by molar-refractivity contribution is 0.308. The molecule has 1 aliphatic rings. The van der Waals surface area contributed by atoms with E-state index in [2.05, 4.69) is 36.4 Å². The Morgan fingerprint density at radius 3 is 2.85 bits per heavy atom. The number of para-hydroxylation sites is 1. The minimum absolute atomic E-state index is 0.329. The third-order valence-corrected chi connectivity index (χ3v) is 4.07. The molecule has 3 aromatic rings. The largest absolute Gasteiger partial charge is 0.339 e. The van der Waals surface area contributed by atoms with Crippen molar-refractivity contribution >= 4 is 26.8 Å². The molecule has 5 nitrogen and oxygen atoms in total. The Bertz CT molecular complexity index is 782. The van der Waals surface area contributed by atoms with E-state index in [0.717, 1.165) is 28.5 Å². The lowest BCUT2D eigenvalue weighted by Crippen LogP contribution is -2.40. The van der Waals surface area contributed by atoms with Gasteiger partial charge in [-0.05, 0) is 28.1 Å². The summed E-state index contributed by atoms with van der Waals surface area (Å²) in [6, 6.07) is 9.99. The lowest BCUT2D eigenvalue weighted by atomic mass is 10.0. The molecule has 0 spiro atoms. The van der Waals surface area contributed by atoms with Gasteiger partial charge in [-0.15, -0.1) is 0 Å². The maximum atomic E-state index is 5.33. The van der Waals surface area contributed by atoms with Crippen LogP contribution in [0.5, 0.6) is 0 Å². The molecule has 1 saturated heterocycles. The fourth-order valence-corrected chi connectivity index (χ4v) is 2.72. The average molecular weight is 331 g/mol. The minimum Gasteiger partial charge on any atom is -0.339 e. The Morgan fingerprint density at radius 2 is 2.05 bits per heavy atom. The second-order valence-electron chi connectivity index (χ2n) is 4.82. The monoisotopic (exact) mass is 330 g/mol. The predicted octanol–water partition coefficient (Wildman–Crippen LogP) is 2.73. The van der Waals surface area contributed by atoms with Crippen molar-refractivity contribution in [3.8, 4) is 11.5 Å². The summed E-state index contributed by atoms with van der Waals surface area (Å²) in [7, 11) is 0. The van der Waals surface area contributed by atoms with E-state index < -0.39 is 0 Å². The first-order chi connectivity index (χ1) is 9.81. The summed E-state index contributed by atoms with van der Waals surface area (Å²) in [5.74, 6) is 1.54. The summed E-state index contributed by atoms with van der Waals surface area (Å²) in [5.41, 5.74) is 1.63. The van der Waals surface area contributed by atoms with Crippen molar-refractivity contribution in [1.82, 2.24) is 20.4 Å². The molecule has 1 aliphatic heterocycles. The first kappa shape index (κ1) is 12.0. The summed E-state index contributed by atoms with van der Waals surface area (Å²) in [4.78, 5) is 9.07. The number of nitrogens with zero attached hydrogens (tertiary/aromatic N) is 3. The first-order valence-electron chi connectivity index (χ1n) is 6.41. The highest BCUT2D eigenvalue weighted by atomic mass is 79.9. The summed E-state index contributed by atoms with van der Waals surface area (Å²) in [6.45, 7) is 1.79. The van der Waals surface area contributed by atoms with E-state index in [0.29, 0.717) is 23.3 Å². The SMILES string of the molecule is Brc1cc2ccccc2nc1-c1noc(C2CNC2)n1. The highest BCUT2D eigenvalue weighted by Crippen LogP contribution is 2.29. The number of benzene rings is 1. The zero-order valence-electron chi connectivity index (χ0n) is 10.5. The molecule has 4 rings (SSSR count). The van der Waals surface area contributed by atoms with E-state index in [9.17, 15) is 0 Å². The molecule has 0 atom stereocenters. The maximum Gasteiger partial charge on any atom is 0.232 e. The number of aromatic nitrogens is 3. The summed E-state index contributed by atoms with van der Waals surface area (Å²) in [5, 5.41) is 8.32. The molecule has 20 heavy (non-hydrogen) atoms. The van der Waals surface area contributed by atoms with Gasteiger partial charge in [0, 0.05) is 22.9 Å². The standard InChI is InChI=1S/C14H11BrN4O/c15-10-5-8-3-1-2-4-11(8)17-12(10)13-18-14(20-19-13)9-6-16-7-9/h1-5,9,16H,6-7H2. The van der Waals surface area contributed by atoms with Crippen molar-refractivity contribution in [2.45, 2.75) is 5.92 Å². The fraction of sp³-hybridized carbons (Fsp3) is 0.214. The van der Waals surface area contributed by atoms with Crippen LogP contribution in [-0.4, -0.2) is 28.2 Å². The number of halogens is 1. The van der Waals surface area contributed by atoms with Gasteiger partial charge >= 0.3 is 0 Å². The molecular weight excluding hydrogens is 320 g/mol. The van der Waals surface area contributed by atoms with E-state index in [1.54, 1.807) is 0 Å². The van der Waals surface area contributed by atoms with Crippen molar-refractivity contribution in [3.05, 3.63) is 40.7 Å². The van der Waals surface area contributed by atoms with Crippen molar-refractivity contribution in [2.75, 3.05) is 13.1 Å². The lowest BCUT2D eigenvalue weighted by Gasteiger charge is -2.22. The van der Waals surface area contributed by atoms with Crippen molar-refractivity contribution < 1.29 is 4.52 Å². The van der Waals surface area contributed by atoms with Crippen LogP contribution in [0.4, 0.5) is 0 Å². The summed E-state index contributed by atoms with van der Waals surface area (Å²) in [6.07, 6.45) is 0. The molecule has 3 heterocycles. The van der Waals surface area contributed by atoms with E-state index >= 15 is 0 Å². The molecule has 1 N–H and O–H groups in total. The number of hydrogen-bond donors (Lipinski definition) is 1. The third-order valence-electron chi connectivity index (χ3n) is 3.46. The van der Waals surface area contributed by atoms with Crippen LogP contribution in [0.25, 0.3) is 22.4 Å². The molecule has 6 heteroatoms. The van der Waals surface area contributed by atoms with Crippen LogP contribution in [0.15, 0.2) is 39.3 Å². The Morgan fingerprint density at radius 1 is 1.20 bits per heavy atom. The Hall–Kier alpha value is -1.79. The highest BCUT2D eigenvalue weighted by Gasteiger charge is 2.26. The molecule has 100 valence electrons. The van der Waals surface area contributed by atoms with Crippen molar-refractivity contribution in [2.24, 2.45) is 0 Å². The van der Waals surface area contributed by atoms with Crippen LogP contribution in [0.3, 0.4) is 0 Å². The predicted molar refractivity (Wildman–Crippen MR) is 78.3 cm³/mol. The van der Waals surface area contributed by atoms with Crippen LogP contribution in [-0.2, 0) is 0 Å². The van der Waals surface area contributed by atoms with Crippen molar-refractivity contribution in [3.63, 3.8) is 0 Å². The minimum atomic E-state index is 0.329. The van der Waals surface area contributed by atoms with E-state index in [1.165, 1.54) is 0 Å². The van der Waals surface area contributed by atoms with Gasteiger partial charge in [0.05, 0.1) is 11.4 Å². The smallest absolute Gasteiger partial charge is 0.232 e. The normalized spacial score (nSPS) is 15.4. The molecule has 0 radical (unpaired) electrons. The number of hydrogen-bond acceptors (Lipinski definition) is 5. The molecule has 0 unspecified atom stereocenters. The molecule has 0 aliphatic carbocycles. The van der Waals surface area contributed by atoms with Gasteiger partial charge in [0.1, 0.15) is 5.69 Å². The van der Waals surface area contributed by atoms with E-state index in [-0.39, 0.29) is 0 Å². The molecule has 1 fully saturated rings. The molecule has 0 bridgehead atoms. The highest BCUT2D eigenvalue weighted by molar-refractivity contribution is 9.10. The molecule has 1 aromatic carbocycles. The topological polar surface area (TPSA) is 63.8 Å². The van der Waals surface area contributed by atoms with Crippen LogP contribution in [0.1, 0.15) is 11.8 Å². The van der Waals surface area contributed by atoms with E-state index in [4.69, 9.17) is 4.52 Å². The van der Waals surface area contributed by atoms with Gasteiger partial charge in [0.25, 0.3) is 0 Å². The third kappa shape index (κ3) is 1.92. The number of pyridine rings is 1. The fourth-order valence-electron chi connectivity index (χ4n) is 2.21. The summed E-state index contributed by atoms with van der Waals surface area (Å²) < 4.78 is 6.20. The van der Waals surface area contributed by atoms with Gasteiger partial charge < -0.3 is 9.84 Å². The van der Waals surface area contributed by atoms with Gasteiger partial charge in [-0.25, -0.2) is 4.98 Å². The van der Waals surface area contributed by atoms with Gasteiger partial charge in [-0.2, -0.15) is 4.98 Å². The van der Waals surface area contributed by atoms with Crippen LogP contribution >= 0.6 is 15.9 Å². The van der Waals surface area contributed by atoms with Gasteiger partial charge in [0.15, 0.2) is 0 Å². The maximum absolute atomic E-state index is 5.33. The number of fused-ring (bicyclic) bond motifs is 1. The van der Waals surface area contributed by atoms with Crippen LogP contribution in [0, 0.1) is 0 Å². The zero-order valence-corrected chi connectivity index (χ0v) is 12.1. The first-order valence-corrected chi connectivity index (χ1v) is 7.20.